The lowest BCUT2D eigenvalue weighted by Crippen LogP contribution is -2.39. The summed E-state index contributed by atoms with van der Waals surface area (Å²) in [6.07, 6.45) is 3.81. The van der Waals surface area contributed by atoms with E-state index in [4.69, 9.17) is 16.3 Å². The van der Waals surface area contributed by atoms with E-state index in [2.05, 4.69) is 9.97 Å². The molecular formula is C21H18ClN3O3S. The Morgan fingerprint density at radius 2 is 2.07 bits per heavy atom. The molecule has 29 heavy (non-hydrogen) atoms. The van der Waals surface area contributed by atoms with Crippen molar-refractivity contribution in [1.29, 1.82) is 0 Å². The van der Waals surface area contributed by atoms with E-state index in [0.29, 0.717) is 34.8 Å². The van der Waals surface area contributed by atoms with Crippen LogP contribution in [0, 0.1) is 0 Å². The molecule has 0 aliphatic carbocycles. The third kappa shape index (κ3) is 3.34. The Kier molecular flexibility index (Phi) is 4.83. The minimum atomic E-state index is -0.722. The van der Waals surface area contributed by atoms with Gasteiger partial charge in [0.15, 0.2) is 4.47 Å². The van der Waals surface area contributed by atoms with Crippen molar-refractivity contribution in [1.82, 2.24) is 14.5 Å². The van der Waals surface area contributed by atoms with Crippen LogP contribution in [0.1, 0.15) is 22.9 Å². The number of hydrogen-bond acceptors (Lipinski definition) is 6. The second-order valence-corrected chi connectivity index (χ2v) is 8.89. The molecule has 0 saturated carbocycles. The molecule has 5 rings (SSSR count). The lowest BCUT2D eigenvalue weighted by atomic mass is 9.98. The molecule has 1 fully saturated rings. The van der Waals surface area contributed by atoms with Gasteiger partial charge in [-0.15, -0.1) is 11.3 Å². The molecule has 0 amide bonds. The van der Waals surface area contributed by atoms with E-state index in [1.165, 1.54) is 11.3 Å². The van der Waals surface area contributed by atoms with Gasteiger partial charge in [-0.3, -0.25) is 9.36 Å². The molecule has 4 aromatic rings. The van der Waals surface area contributed by atoms with Gasteiger partial charge in [-0.25, -0.2) is 9.97 Å². The summed E-state index contributed by atoms with van der Waals surface area (Å²) in [7, 11) is 0. The number of halogens is 1. The van der Waals surface area contributed by atoms with Crippen LogP contribution in [0.5, 0.6) is 0 Å². The molecule has 1 aliphatic rings. The van der Waals surface area contributed by atoms with Gasteiger partial charge in [0.25, 0.3) is 5.56 Å². The van der Waals surface area contributed by atoms with Crippen LogP contribution >= 0.6 is 22.9 Å². The highest BCUT2D eigenvalue weighted by Gasteiger charge is 2.27. The maximum atomic E-state index is 13.4. The molecule has 1 N–H and O–H groups in total. The third-order valence-corrected chi connectivity index (χ3v) is 6.53. The predicted octanol–water partition coefficient (Wildman–Crippen LogP) is 3.57. The van der Waals surface area contributed by atoms with Gasteiger partial charge in [0.05, 0.1) is 36.0 Å². The Morgan fingerprint density at radius 1 is 1.24 bits per heavy atom. The van der Waals surface area contributed by atoms with Crippen LogP contribution in [-0.4, -0.2) is 39.0 Å². The van der Waals surface area contributed by atoms with Gasteiger partial charge >= 0.3 is 0 Å². The molecule has 3 heterocycles. The van der Waals surface area contributed by atoms with Gasteiger partial charge in [0.2, 0.25) is 0 Å². The summed E-state index contributed by atoms with van der Waals surface area (Å²) in [6.45, 7) is 0.742. The molecule has 0 radical (unpaired) electrons. The highest BCUT2D eigenvalue weighted by atomic mass is 35.5. The van der Waals surface area contributed by atoms with Gasteiger partial charge in [-0.05, 0) is 23.4 Å². The summed E-state index contributed by atoms with van der Waals surface area (Å²) in [4.78, 5) is 23.1. The highest BCUT2D eigenvalue weighted by Crippen LogP contribution is 2.30. The van der Waals surface area contributed by atoms with Gasteiger partial charge < -0.3 is 9.84 Å². The molecule has 2 aromatic heterocycles. The Bertz CT molecular complexity index is 1270. The maximum Gasteiger partial charge on any atom is 0.261 e. The fourth-order valence-electron chi connectivity index (χ4n) is 4.02. The van der Waals surface area contributed by atoms with E-state index in [0.717, 1.165) is 21.2 Å². The number of rotatable bonds is 3. The summed E-state index contributed by atoms with van der Waals surface area (Å²) in [5, 5.41) is 12.9. The van der Waals surface area contributed by atoms with E-state index in [1.807, 2.05) is 30.3 Å². The predicted molar refractivity (Wildman–Crippen MR) is 114 cm³/mol. The summed E-state index contributed by atoms with van der Waals surface area (Å²) in [5.41, 5.74) is 1.56. The van der Waals surface area contributed by atoms with Crippen molar-refractivity contribution in [2.45, 2.75) is 25.0 Å². The summed E-state index contributed by atoms with van der Waals surface area (Å²) >= 11 is 7.43. The topological polar surface area (TPSA) is 77.2 Å². The molecule has 0 spiro atoms. The molecule has 1 saturated heterocycles. The Labute approximate surface area is 175 Å². The molecule has 0 bridgehead atoms. The van der Waals surface area contributed by atoms with Crippen LogP contribution < -0.4 is 5.56 Å². The van der Waals surface area contributed by atoms with E-state index in [9.17, 15) is 9.90 Å². The van der Waals surface area contributed by atoms with Crippen molar-refractivity contribution in [3.8, 4) is 0 Å². The fourth-order valence-corrected chi connectivity index (χ4v) is 5.02. The average molecular weight is 428 g/mol. The Hall–Kier alpha value is -2.32. The number of ether oxygens (including phenoxy) is 1. The summed E-state index contributed by atoms with van der Waals surface area (Å²) < 4.78 is 7.36. The Balaban J connectivity index is 1.71. The number of nitrogens with zero attached hydrogens (tertiary/aromatic N) is 3. The lowest BCUT2D eigenvalue weighted by molar-refractivity contribution is -0.0395. The smallest absolute Gasteiger partial charge is 0.261 e. The maximum absolute atomic E-state index is 13.4. The first-order valence-electron chi connectivity index (χ1n) is 9.39. The Morgan fingerprint density at radius 3 is 2.83 bits per heavy atom. The average Bonchev–Trinajstić information content (AvgIpc) is 3.14. The van der Waals surface area contributed by atoms with Crippen molar-refractivity contribution in [2.24, 2.45) is 0 Å². The van der Waals surface area contributed by atoms with Crippen molar-refractivity contribution in [3.63, 3.8) is 0 Å². The number of aliphatic hydroxyl groups excluding tert-OH is 1. The molecule has 0 unspecified atom stereocenters. The quantitative estimate of drug-likeness (QED) is 0.506. The molecule has 2 aromatic carbocycles. The molecular weight excluding hydrogens is 410 g/mol. The monoisotopic (exact) mass is 427 g/mol. The number of aliphatic hydroxyl groups is 1. The van der Waals surface area contributed by atoms with Gasteiger partial charge in [-0.2, -0.15) is 0 Å². The SMILES string of the molecule is O=c1c2cc(Cc3cnc(Cl)s3)c3ccccc3c2ncn1[C@H]1CCOC[C@@H]1O. The molecule has 1 aliphatic heterocycles. The number of fused-ring (bicyclic) bond motifs is 3. The zero-order valence-corrected chi connectivity index (χ0v) is 17.0. The van der Waals surface area contributed by atoms with Crippen molar-refractivity contribution >= 4 is 44.6 Å². The van der Waals surface area contributed by atoms with E-state index >= 15 is 0 Å². The molecule has 148 valence electrons. The molecule has 2 atom stereocenters. The van der Waals surface area contributed by atoms with E-state index < -0.39 is 6.10 Å². The van der Waals surface area contributed by atoms with Crippen LogP contribution in [-0.2, 0) is 11.2 Å². The van der Waals surface area contributed by atoms with Crippen LogP contribution in [0.25, 0.3) is 21.7 Å². The summed E-state index contributed by atoms with van der Waals surface area (Å²) in [5.74, 6) is 0. The number of aromatic nitrogens is 3. The molecule has 6 nitrogen and oxygen atoms in total. The van der Waals surface area contributed by atoms with Crippen molar-refractivity contribution in [3.05, 3.63) is 68.1 Å². The largest absolute Gasteiger partial charge is 0.389 e. The first-order chi connectivity index (χ1) is 14.1. The van der Waals surface area contributed by atoms with Gasteiger partial charge in [-0.1, -0.05) is 35.9 Å². The minimum absolute atomic E-state index is 0.143. The third-order valence-electron chi connectivity index (χ3n) is 5.42. The van der Waals surface area contributed by atoms with E-state index in [-0.39, 0.29) is 18.2 Å². The van der Waals surface area contributed by atoms with Crippen LogP contribution in [0.2, 0.25) is 4.47 Å². The highest BCUT2D eigenvalue weighted by molar-refractivity contribution is 7.15. The van der Waals surface area contributed by atoms with Crippen molar-refractivity contribution < 1.29 is 9.84 Å². The van der Waals surface area contributed by atoms with Crippen molar-refractivity contribution in [2.75, 3.05) is 13.2 Å². The molecule has 8 heteroatoms. The lowest BCUT2D eigenvalue weighted by Gasteiger charge is -2.29. The fraction of sp³-hybridized carbons (Fsp3) is 0.286. The van der Waals surface area contributed by atoms with Gasteiger partial charge in [0.1, 0.15) is 0 Å². The minimum Gasteiger partial charge on any atom is -0.389 e. The van der Waals surface area contributed by atoms with Gasteiger partial charge in [0, 0.05) is 29.5 Å². The van der Waals surface area contributed by atoms with Crippen LogP contribution in [0.4, 0.5) is 0 Å². The second-order valence-electron chi connectivity index (χ2n) is 7.19. The van der Waals surface area contributed by atoms with E-state index in [1.54, 1.807) is 17.1 Å². The zero-order chi connectivity index (χ0) is 20.0. The normalized spacial score (nSPS) is 19.8. The number of thiazole rings is 1. The van der Waals surface area contributed by atoms with Crippen LogP contribution in [0.15, 0.2) is 47.7 Å². The second kappa shape index (κ2) is 7.50. The number of benzene rings is 2. The standard InChI is InChI=1S/C21H18ClN3O3S/c22-21-23-9-13(29-21)7-12-8-16-19(15-4-2-1-3-14(12)15)24-11-25(20(16)27)17-5-6-28-10-18(17)26/h1-4,8-9,11,17-18,26H,5-7,10H2/t17-,18-/m0/s1. The van der Waals surface area contributed by atoms with Crippen LogP contribution in [0.3, 0.4) is 0 Å². The number of hydrogen-bond donors (Lipinski definition) is 1. The first-order valence-corrected chi connectivity index (χ1v) is 10.6. The summed E-state index contributed by atoms with van der Waals surface area (Å²) in [6, 6.07) is 9.55. The zero-order valence-electron chi connectivity index (χ0n) is 15.4. The first kappa shape index (κ1) is 18.7.